The van der Waals surface area contributed by atoms with Crippen LogP contribution in [0.3, 0.4) is 0 Å². The average molecular weight is 204 g/mol. The van der Waals surface area contributed by atoms with Gasteiger partial charge in [-0.05, 0) is 19.1 Å². The Kier molecular flexibility index (Phi) is 2.21. The SMILES string of the molecule is Cc1ocnc1-c1cccc(C(=O)O)n1. The van der Waals surface area contributed by atoms with Gasteiger partial charge in [0.25, 0.3) is 0 Å². The van der Waals surface area contributed by atoms with Crippen molar-refractivity contribution in [1.82, 2.24) is 9.97 Å². The Balaban J connectivity index is 2.50. The molecule has 0 bridgehead atoms. The van der Waals surface area contributed by atoms with Gasteiger partial charge in [-0.1, -0.05) is 6.07 Å². The van der Waals surface area contributed by atoms with Gasteiger partial charge in [0.15, 0.2) is 6.39 Å². The predicted octanol–water partition coefficient (Wildman–Crippen LogP) is 1.74. The molecule has 2 aromatic heterocycles. The van der Waals surface area contributed by atoms with Crippen LogP contribution < -0.4 is 0 Å². The third-order valence-corrected chi connectivity index (χ3v) is 1.96. The smallest absolute Gasteiger partial charge is 0.354 e. The summed E-state index contributed by atoms with van der Waals surface area (Å²) in [6.45, 7) is 1.75. The van der Waals surface area contributed by atoms with Crippen LogP contribution in [0.4, 0.5) is 0 Å². The largest absolute Gasteiger partial charge is 0.477 e. The highest BCUT2D eigenvalue weighted by molar-refractivity contribution is 5.86. The third-order valence-electron chi connectivity index (χ3n) is 1.96. The fraction of sp³-hybridized carbons (Fsp3) is 0.100. The number of aromatic carboxylic acids is 1. The Hall–Kier alpha value is -2.17. The summed E-state index contributed by atoms with van der Waals surface area (Å²) in [4.78, 5) is 18.6. The van der Waals surface area contributed by atoms with Crippen molar-refractivity contribution in [2.45, 2.75) is 6.92 Å². The zero-order valence-electron chi connectivity index (χ0n) is 7.97. The van der Waals surface area contributed by atoms with Gasteiger partial charge in [0.05, 0.1) is 5.69 Å². The second-order valence-corrected chi connectivity index (χ2v) is 2.97. The zero-order valence-corrected chi connectivity index (χ0v) is 7.97. The predicted molar refractivity (Wildman–Crippen MR) is 51.4 cm³/mol. The average Bonchev–Trinajstić information content (AvgIpc) is 2.64. The topological polar surface area (TPSA) is 76.2 Å². The van der Waals surface area contributed by atoms with Gasteiger partial charge in [-0.15, -0.1) is 0 Å². The fourth-order valence-corrected chi connectivity index (χ4v) is 1.24. The van der Waals surface area contributed by atoms with Crippen LogP contribution in [0.2, 0.25) is 0 Å². The fourth-order valence-electron chi connectivity index (χ4n) is 1.24. The Labute approximate surface area is 85.4 Å². The molecule has 76 valence electrons. The molecule has 0 aliphatic rings. The summed E-state index contributed by atoms with van der Waals surface area (Å²) in [5, 5.41) is 8.77. The van der Waals surface area contributed by atoms with Crippen molar-refractivity contribution in [1.29, 1.82) is 0 Å². The molecule has 0 atom stereocenters. The molecule has 5 heteroatoms. The van der Waals surface area contributed by atoms with Crippen LogP contribution in [-0.4, -0.2) is 21.0 Å². The van der Waals surface area contributed by atoms with Crippen LogP contribution >= 0.6 is 0 Å². The van der Waals surface area contributed by atoms with Gasteiger partial charge in [-0.25, -0.2) is 14.8 Å². The molecule has 0 aliphatic carbocycles. The number of carboxylic acid groups (broad SMARTS) is 1. The second-order valence-electron chi connectivity index (χ2n) is 2.97. The molecular weight excluding hydrogens is 196 g/mol. The zero-order chi connectivity index (χ0) is 10.8. The van der Waals surface area contributed by atoms with E-state index in [0.717, 1.165) is 0 Å². The molecular formula is C10H8N2O3. The van der Waals surface area contributed by atoms with E-state index >= 15 is 0 Å². The lowest BCUT2D eigenvalue weighted by Gasteiger charge is -1.98. The normalized spacial score (nSPS) is 10.2. The molecule has 0 fully saturated rings. The van der Waals surface area contributed by atoms with Gasteiger partial charge in [-0.2, -0.15) is 0 Å². The van der Waals surface area contributed by atoms with Crippen molar-refractivity contribution in [2.75, 3.05) is 0 Å². The molecule has 0 aromatic carbocycles. The quantitative estimate of drug-likeness (QED) is 0.806. The Morgan fingerprint density at radius 1 is 1.47 bits per heavy atom. The highest BCUT2D eigenvalue weighted by Crippen LogP contribution is 2.19. The lowest BCUT2D eigenvalue weighted by atomic mass is 10.2. The van der Waals surface area contributed by atoms with E-state index in [4.69, 9.17) is 9.52 Å². The van der Waals surface area contributed by atoms with E-state index in [1.54, 1.807) is 19.1 Å². The number of aromatic nitrogens is 2. The van der Waals surface area contributed by atoms with Crippen LogP contribution in [0.1, 0.15) is 16.2 Å². The number of hydrogen-bond donors (Lipinski definition) is 1. The number of pyridine rings is 1. The van der Waals surface area contributed by atoms with Crippen molar-refractivity contribution in [3.05, 3.63) is 36.0 Å². The molecule has 15 heavy (non-hydrogen) atoms. The van der Waals surface area contributed by atoms with Gasteiger partial charge in [0, 0.05) is 0 Å². The first kappa shape index (κ1) is 9.39. The molecule has 0 saturated carbocycles. The maximum absolute atomic E-state index is 10.7. The maximum atomic E-state index is 10.7. The summed E-state index contributed by atoms with van der Waals surface area (Å²) in [6, 6.07) is 4.75. The monoisotopic (exact) mass is 204 g/mol. The van der Waals surface area contributed by atoms with E-state index in [1.807, 2.05) is 0 Å². The van der Waals surface area contributed by atoms with Crippen molar-refractivity contribution in [3.63, 3.8) is 0 Å². The highest BCUT2D eigenvalue weighted by Gasteiger charge is 2.10. The lowest BCUT2D eigenvalue weighted by molar-refractivity contribution is 0.0690. The number of hydrogen-bond acceptors (Lipinski definition) is 4. The van der Waals surface area contributed by atoms with Crippen LogP contribution in [0, 0.1) is 6.92 Å². The second kappa shape index (κ2) is 3.53. The Morgan fingerprint density at radius 2 is 2.27 bits per heavy atom. The molecule has 2 heterocycles. The van der Waals surface area contributed by atoms with Gasteiger partial charge in [-0.3, -0.25) is 0 Å². The molecule has 0 unspecified atom stereocenters. The van der Waals surface area contributed by atoms with Gasteiger partial charge < -0.3 is 9.52 Å². The first-order chi connectivity index (χ1) is 7.18. The van der Waals surface area contributed by atoms with E-state index in [-0.39, 0.29) is 5.69 Å². The summed E-state index contributed by atoms with van der Waals surface area (Å²) in [5.41, 5.74) is 1.06. The van der Waals surface area contributed by atoms with E-state index in [9.17, 15) is 4.79 Å². The maximum Gasteiger partial charge on any atom is 0.354 e. The summed E-state index contributed by atoms with van der Waals surface area (Å²) in [6.07, 6.45) is 1.31. The van der Waals surface area contributed by atoms with E-state index in [0.29, 0.717) is 17.1 Å². The number of carboxylic acids is 1. The van der Waals surface area contributed by atoms with Crippen molar-refractivity contribution in [3.8, 4) is 11.4 Å². The minimum Gasteiger partial charge on any atom is -0.477 e. The lowest BCUT2D eigenvalue weighted by Crippen LogP contribution is -2.00. The van der Waals surface area contributed by atoms with E-state index < -0.39 is 5.97 Å². The van der Waals surface area contributed by atoms with E-state index in [2.05, 4.69) is 9.97 Å². The van der Waals surface area contributed by atoms with Gasteiger partial charge in [0.2, 0.25) is 0 Å². The van der Waals surface area contributed by atoms with Crippen molar-refractivity contribution >= 4 is 5.97 Å². The Morgan fingerprint density at radius 3 is 2.87 bits per heavy atom. The first-order valence-electron chi connectivity index (χ1n) is 4.29. The highest BCUT2D eigenvalue weighted by atomic mass is 16.4. The number of oxazole rings is 1. The molecule has 5 nitrogen and oxygen atoms in total. The van der Waals surface area contributed by atoms with Gasteiger partial charge in [0.1, 0.15) is 17.1 Å². The van der Waals surface area contributed by atoms with Gasteiger partial charge >= 0.3 is 5.97 Å². The summed E-state index contributed by atoms with van der Waals surface area (Å²) in [7, 11) is 0. The number of nitrogens with zero attached hydrogens (tertiary/aromatic N) is 2. The summed E-state index contributed by atoms with van der Waals surface area (Å²) in [5.74, 6) is -0.442. The van der Waals surface area contributed by atoms with E-state index in [1.165, 1.54) is 12.5 Å². The molecule has 0 radical (unpaired) electrons. The molecule has 1 N–H and O–H groups in total. The molecule has 0 aliphatic heterocycles. The van der Waals surface area contributed by atoms with Crippen LogP contribution in [0.15, 0.2) is 29.0 Å². The number of carbonyl (C=O) groups is 1. The Bertz CT molecular complexity index is 505. The molecule has 0 spiro atoms. The molecule has 0 amide bonds. The van der Waals surface area contributed by atoms with Crippen LogP contribution in [-0.2, 0) is 0 Å². The van der Waals surface area contributed by atoms with Crippen molar-refractivity contribution < 1.29 is 14.3 Å². The molecule has 0 saturated heterocycles. The summed E-state index contributed by atoms with van der Waals surface area (Å²) >= 11 is 0. The number of rotatable bonds is 2. The standard InChI is InChI=1S/C10H8N2O3/c1-6-9(11-5-15-6)7-3-2-4-8(12-7)10(13)14/h2-5H,1H3,(H,13,14). The minimum absolute atomic E-state index is 0.00472. The number of aryl methyl sites for hydroxylation is 1. The van der Waals surface area contributed by atoms with Crippen LogP contribution in [0.25, 0.3) is 11.4 Å². The summed E-state index contributed by atoms with van der Waals surface area (Å²) < 4.78 is 5.02. The molecule has 2 aromatic rings. The molecule has 2 rings (SSSR count). The van der Waals surface area contributed by atoms with Crippen LogP contribution in [0.5, 0.6) is 0 Å². The van der Waals surface area contributed by atoms with Crippen molar-refractivity contribution in [2.24, 2.45) is 0 Å². The first-order valence-corrected chi connectivity index (χ1v) is 4.29. The third kappa shape index (κ3) is 1.71. The minimum atomic E-state index is -1.06.